The maximum atomic E-state index is 12.8. The first-order valence-corrected chi connectivity index (χ1v) is 9.68. The number of pyridine rings is 2. The molecule has 3 heterocycles. The zero-order chi connectivity index (χ0) is 21.3. The second kappa shape index (κ2) is 7.83. The lowest BCUT2D eigenvalue weighted by molar-refractivity contribution is 0.0256. The first-order chi connectivity index (χ1) is 14.4. The smallest absolute Gasteiger partial charge is 0.255 e. The predicted molar refractivity (Wildman–Crippen MR) is 110 cm³/mol. The van der Waals surface area contributed by atoms with Crippen molar-refractivity contribution in [1.29, 1.82) is 0 Å². The van der Waals surface area contributed by atoms with Crippen LogP contribution in [0.1, 0.15) is 41.4 Å². The summed E-state index contributed by atoms with van der Waals surface area (Å²) in [5.41, 5.74) is 0.873. The number of aromatic nitrogens is 4. The van der Waals surface area contributed by atoms with E-state index in [4.69, 9.17) is 0 Å². The SMILES string of the molecule is Cn1ncc(NC(=O)c2ccnc(Nc3ccc(CF)cn3)c2)c1C(C)(O)C1CC1. The molecule has 8 nitrogen and oxygen atoms in total. The molecule has 0 bridgehead atoms. The first-order valence-electron chi connectivity index (χ1n) is 9.68. The van der Waals surface area contributed by atoms with Gasteiger partial charge in [-0.1, -0.05) is 6.07 Å². The number of rotatable bonds is 7. The van der Waals surface area contributed by atoms with Crippen molar-refractivity contribution in [3.05, 3.63) is 59.7 Å². The molecule has 1 aliphatic carbocycles. The zero-order valence-electron chi connectivity index (χ0n) is 16.8. The summed E-state index contributed by atoms with van der Waals surface area (Å²) in [5.74, 6) is 0.741. The molecule has 0 saturated heterocycles. The van der Waals surface area contributed by atoms with Gasteiger partial charge < -0.3 is 15.7 Å². The monoisotopic (exact) mass is 410 g/mol. The van der Waals surface area contributed by atoms with Crippen LogP contribution in [0.5, 0.6) is 0 Å². The minimum absolute atomic E-state index is 0.163. The molecule has 1 amide bonds. The van der Waals surface area contributed by atoms with Gasteiger partial charge in [0.25, 0.3) is 5.91 Å². The average Bonchev–Trinajstić information content (AvgIpc) is 3.53. The number of hydrogen-bond acceptors (Lipinski definition) is 6. The Morgan fingerprint density at radius 2 is 2.07 bits per heavy atom. The molecule has 156 valence electrons. The molecule has 30 heavy (non-hydrogen) atoms. The minimum atomic E-state index is -1.06. The number of aryl methyl sites for hydroxylation is 1. The number of halogens is 1. The van der Waals surface area contributed by atoms with Gasteiger partial charge in [-0.2, -0.15) is 5.10 Å². The second-order valence-electron chi connectivity index (χ2n) is 7.65. The van der Waals surface area contributed by atoms with Crippen LogP contribution in [-0.4, -0.2) is 30.8 Å². The largest absolute Gasteiger partial charge is 0.383 e. The number of amides is 1. The van der Waals surface area contributed by atoms with Gasteiger partial charge in [-0.25, -0.2) is 14.4 Å². The van der Waals surface area contributed by atoms with Crippen LogP contribution in [-0.2, 0) is 19.3 Å². The number of anilines is 3. The van der Waals surface area contributed by atoms with Gasteiger partial charge in [0.2, 0.25) is 0 Å². The van der Waals surface area contributed by atoms with Crippen molar-refractivity contribution in [3.63, 3.8) is 0 Å². The van der Waals surface area contributed by atoms with Crippen LogP contribution in [0.2, 0.25) is 0 Å². The van der Waals surface area contributed by atoms with E-state index in [0.29, 0.717) is 34.1 Å². The van der Waals surface area contributed by atoms with Crippen LogP contribution < -0.4 is 10.6 Å². The third-order valence-electron chi connectivity index (χ3n) is 5.30. The van der Waals surface area contributed by atoms with Crippen LogP contribution in [0, 0.1) is 5.92 Å². The van der Waals surface area contributed by atoms with Crippen molar-refractivity contribution in [2.75, 3.05) is 10.6 Å². The Bertz CT molecular complexity index is 1060. The van der Waals surface area contributed by atoms with Gasteiger partial charge in [-0.3, -0.25) is 9.48 Å². The molecule has 4 rings (SSSR count). The molecule has 1 aliphatic rings. The molecular formula is C21H23FN6O2. The van der Waals surface area contributed by atoms with Crippen LogP contribution in [0.15, 0.2) is 42.9 Å². The molecule has 1 atom stereocenters. The van der Waals surface area contributed by atoms with E-state index in [-0.39, 0.29) is 11.8 Å². The molecular weight excluding hydrogens is 387 g/mol. The summed E-state index contributed by atoms with van der Waals surface area (Å²) in [6, 6.07) is 6.46. The molecule has 1 saturated carbocycles. The van der Waals surface area contributed by atoms with Gasteiger partial charge in [0.15, 0.2) is 0 Å². The highest BCUT2D eigenvalue weighted by Crippen LogP contribution is 2.47. The van der Waals surface area contributed by atoms with Gasteiger partial charge >= 0.3 is 0 Å². The highest BCUT2D eigenvalue weighted by atomic mass is 19.1. The molecule has 0 aliphatic heterocycles. The molecule has 0 spiro atoms. The maximum Gasteiger partial charge on any atom is 0.255 e. The highest BCUT2D eigenvalue weighted by Gasteiger charge is 2.44. The molecule has 1 fully saturated rings. The first kappa shape index (κ1) is 20.0. The van der Waals surface area contributed by atoms with Crippen molar-refractivity contribution < 1.29 is 14.3 Å². The van der Waals surface area contributed by atoms with E-state index in [1.165, 1.54) is 12.4 Å². The number of nitrogens with zero attached hydrogens (tertiary/aromatic N) is 4. The second-order valence-corrected chi connectivity index (χ2v) is 7.65. The van der Waals surface area contributed by atoms with Gasteiger partial charge in [0.05, 0.1) is 17.6 Å². The molecule has 3 N–H and O–H groups in total. The lowest BCUT2D eigenvalue weighted by Gasteiger charge is -2.25. The zero-order valence-corrected chi connectivity index (χ0v) is 16.8. The Morgan fingerprint density at radius 1 is 1.27 bits per heavy atom. The van der Waals surface area contributed by atoms with Crippen molar-refractivity contribution in [1.82, 2.24) is 19.7 Å². The summed E-state index contributed by atoms with van der Waals surface area (Å²) in [6.07, 6.45) is 6.39. The van der Waals surface area contributed by atoms with Crippen LogP contribution in [0.3, 0.4) is 0 Å². The lowest BCUT2D eigenvalue weighted by atomic mass is 9.95. The van der Waals surface area contributed by atoms with Crippen molar-refractivity contribution >= 4 is 23.2 Å². The third-order valence-corrected chi connectivity index (χ3v) is 5.30. The van der Waals surface area contributed by atoms with Gasteiger partial charge in [-0.15, -0.1) is 0 Å². The summed E-state index contributed by atoms with van der Waals surface area (Å²) < 4.78 is 14.2. The predicted octanol–water partition coefficient (Wildman–Crippen LogP) is 3.29. The molecule has 1 unspecified atom stereocenters. The molecule has 3 aromatic heterocycles. The summed E-state index contributed by atoms with van der Waals surface area (Å²) in [5, 5.41) is 21.0. The summed E-state index contributed by atoms with van der Waals surface area (Å²) >= 11 is 0. The van der Waals surface area contributed by atoms with Gasteiger partial charge in [-0.05, 0) is 43.9 Å². The van der Waals surface area contributed by atoms with Crippen LogP contribution >= 0.6 is 0 Å². The molecule has 0 aromatic carbocycles. The Hall–Kier alpha value is -3.33. The number of carbonyl (C=O) groups is 1. The van der Waals surface area contributed by atoms with E-state index in [1.807, 2.05) is 0 Å². The van der Waals surface area contributed by atoms with E-state index in [0.717, 1.165) is 12.8 Å². The van der Waals surface area contributed by atoms with E-state index >= 15 is 0 Å². The van der Waals surface area contributed by atoms with E-state index in [2.05, 4.69) is 25.7 Å². The van der Waals surface area contributed by atoms with E-state index in [9.17, 15) is 14.3 Å². The molecule has 0 radical (unpaired) electrons. The summed E-state index contributed by atoms with van der Waals surface area (Å²) in [4.78, 5) is 21.2. The summed E-state index contributed by atoms with van der Waals surface area (Å²) in [7, 11) is 1.75. The number of hydrogen-bond donors (Lipinski definition) is 3. The van der Waals surface area contributed by atoms with Crippen LogP contribution in [0.25, 0.3) is 0 Å². The third kappa shape index (κ3) is 4.02. The number of aliphatic hydroxyl groups is 1. The number of alkyl halides is 1. The maximum absolute atomic E-state index is 12.8. The number of nitrogens with one attached hydrogen (secondary N) is 2. The van der Waals surface area contributed by atoms with E-state index in [1.54, 1.807) is 49.1 Å². The fourth-order valence-corrected chi connectivity index (χ4v) is 3.51. The fourth-order valence-electron chi connectivity index (χ4n) is 3.51. The van der Waals surface area contributed by atoms with E-state index < -0.39 is 12.3 Å². The molecule has 9 heteroatoms. The van der Waals surface area contributed by atoms with Gasteiger partial charge in [0.1, 0.15) is 23.9 Å². The Balaban J connectivity index is 1.51. The standard InChI is InChI=1S/C21H23FN6O2/c1-21(30,15-4-5-15)19-16(12-25-28(19)2)26-20(29)14-7-8-23-18(9-14)27-17-6-3-13(10-22)11-24-17/h3,6-9,11-12,15,30H,4-5,10H2,1-2H3,(H,26,29)(H,23,24,27). The lowest BCUT2D eigenvalue weighted by Crippen LogP contribution is -2.29. The highest BCUT2D eigenvalue weighted by molar-refractivity contribution is 6.05. The average molecular weight is 410 g/mol. The quantitative estimate of drug-likeness (QED) is 0.552. The van der Waals surface area contributed by atoms with Crippen molar-refractivity contribution in [2.24, 2.45) is 13.0 Å². The number of carbonyl (C=O) groups excluding carboxylic acids is 1. The normalized spacial score (nSPS) is 15.5. The van der Waals surface area contributed by atoms with Crippen LogP contribution in [0.4, 0.5) is 21.7 Å². The fraction of sp³-hybridized carbons (Fsp3) is 0.333. The van der Waals surface area contributed by atoms with Crippen molar-refractivity contribution in [3.8, 4) is 0 Å². The summed E-state index contributed by atoms with van der Waals surface area (Å²) in [6.45, 7) is 1.18. The Labute approximate surface area is 173 Å². The molecule has 3 aromatic rings. The van der Waals surface area contributed by atoms with Crippen molar-refractivity contribution in [2.45, 2.75) is 32.0 Å². The van der Waals surface area contributed by atoms with Gasteiger partial charge in [0, 0.05) is 30.6 Å². The Morgan fingerprint density at radius 3 is 2.73 bits per heavy atom. The minimum Gasteiger partial charge on any atom is -0.383 e. The Kier molecular flexibility index (Phi) is 5.21. The topological polar surface area (TPSA) is 105 Å².